The van der Waals surface area contributed by atoms with E-state index < -0.39 is 5.82 Å². The fourth-order valence-electron chi connectivity index (χ4n) is 4.09. The van der Waals surface area contributed by atoms with Crippen molar-refractivity contribution in [2.24, 2.45) is 0 Å². The second kappa shape index (κ2) is 8.59. The first-order valence-corrected chi connectivity index (χ1v) is 10.3. The molecule has 2 atom stereocenters. The Morgan fingerprint density at radius 1 is 1.13 bits per heavy atom. The molecule has 7 heteroatoms. The summed E-state index contributed by atoms with van der Waals surface area (Å²) < 4.78 is 34.0. The number of aryl methyl sites for hydroxylation is 1. The molecule has 4 rings (SSSR count). The van der Waals surface area contributed by atoms with Crippen molar-refractivity contribution in [3.63, 3.8) is 0 Å². The van der Waals surface area contributed by atoms with E-state index in [0.717, 1.165) is 0 Å². The summed E-state index contributed by atoms with van der Waals surface area (Å²) >= 11 is 0. The number of fused-ring (bicyclic) bond motifs is 1. The Hall–Kier alpha value is -3.06. The highest BCUT2D eigenvalue weighted by molar-refractivity contribution is 6.06. The van der Waals surface area contributed by atoms with Crippen LogP contribution in [0.1, 0.15) is 35.5 Å². The van der Waals surface area contributed by atoms with Crippen LogP contribution < -0.4 is 10.2 Å². The van der Waals surface area contributed by atoms with Crippen molar-refractivity contribution in [3.05, 3.63) is 70.9 Å². The molecule has 0 aliphatic carbocycles. The molecule has 0 bridgehead atoms. The molecule has 0 radical (unpaired) electrons. The van der Waals surface area contributed by atoms with E-state index in [0.29, 0.717) is 46.5 Å². The predicted octanol–water partition coefficient (Wildman–Crippen LogP) is 4.37. The minimum absolute atomic E-state index is 0.0363. The third-order valence-corrected chi connectivity index (χ3v) is 5.37. The number of carbonyl (C=O) groups is 1. The van der Waals surface area contributed by atoms with Crippen molar-refractivity contribution in [1.82, 2.24) is 10.3 Å². The number of nitrogens with zero attached hydrogens (tertiary/aromatic N) is 2. The van der Waals surface area contributed by atoms with Crippen molar-refractivity contribution in [3.8, 4) is 0 Å². The summed E-state index contributed by atoms with van der Waals surface area (Å²) in [7, 11) is 0. The molecule has 1 amide bonds. The van der Waals surface area contributed by atoms with Gasteiger partial charge in [-0.25, -0.2) is 8.78 Å². The molecule has 0 spiro atoms. The molecule has 1 N–H and O–H groups in total. The number of rotatable bonds is 4. The van der Waals surface area contributed by atoms with Crippen molar-refractivity contribution < 1.29 is 18.3 Å². The largest absolute Gasteiger partial charge is 0.372 e. The lowest BCUT2D eigenvalue weighted by Crippen LogP contribution is -2.45. The molecule has 2 heterocycles. The third-order valence-electron chi connectivity index (χ3n) is 5.37. The van der Waals surface area contributed by atoms with Gasteiger partial charge in [0.1, 0.15) is 11.6 Å². The molecule has 1 saturated heterocycles. The van der Waals surface area contributed by atoms with Crippen molar-refractivity contribution in [2.45, 2.75) is 39.5 Å². The predicted molar refractivity (Wildman–Crippen MR) is 116 cm³/mol. The molecule has 31 heavy (non-hydrogen) atoms. The van der Waals surface area contributed by atoms with Crippen LogP contribution in [0.2, 0.25) is 0 Å². The smallest absolute Gasteiger partial charge is 0.252 e. The second-order valence-electron chi connectivity index (χ2n) is 8.10. The number of ether oxygens (including phenoxy) is 1. The number of anilines is 1. The summed E-state index contributed by atoms with van der Waals surface area (Å²) in [5.74, 6) is -1.05. The van der Waals surface area contributed by atoms with Gasteiger partial charge in [-0.05, 0) is 56.7 Å². The van der Waals surface area contributed by atoms with Crippen LogP contribution in [0.25, 0.3) is 10.9 Å². The Labute approximate surface area is 180 Å². The summed E-state index contributed by atoms with van der Waals surface area (Å²) in [6.45, 7) is 7.14. The zero-order valence-electron chi connectivity index (χ0n) is 17.8. The van der Waals surface area contributed by atoms with Crippen LogP contribution in [0.4, 0.5) is 14.5 Å². The van der Waals surface area contributed by atoms with Gasteiger partial charge in [0.15, 0.2) is 0 Å². The lowest BCUT2D eigenvalue weighted by Gasteiger charge is -2.37. The Kier molecular flexibility index (Phi) is 5.87. The molecule has 1 aliphatic heterocycles. The summed E-state index contributed by atoms with van der Waals surface area (Å²) in [4.78, 5) is 19.1. The van der Waals surface area contributed by atoms with E-state index in [1.165, 1.54) is 18.2 Å². The maximum atomic E-state index is 14.8. The SMILES string of the molecule is Cc1cc(C(=O)NCc2ccc(N3C[C@H](C)O[C@@H](C)C3)c(F)c2)c2ccc(F)cc2n1. The van der Waals surface area contributed by atoms with Crippen LogP contribution in [0.3, 0.4) is 0 Å². The van der Waals surface area contributed by atoms with Gasteiger partial charge in [-0.15, -0.1) is 0 Å². The number of morpholine rings is 1. The molecule has 0 unspecified atom stereocenters. The number of hydrogen-bond acceptors (Lipinski definition) is 4. The van der Waals surface area contributed by atoms with Gasteiger partial charge in [-0.3, -0.25) is 9.78 Å². The summed E-state index contributed by atoms with van der Waals surface area (Å²) in [5.41, 5.74) is 2.65. The minimum Gasteiger partial charge on any atom is -0.372 e. The van der Waals surface area contributed by atoms with Gasteiger partial charge in [0.2, 0.25) is 0 Å². The molecule has 5 nitrogen and oxygen atoms in total. The standard InChI is InChI=1S/C24H25F2N3O2/c1-14-8-20(19-6-5-18(25)10-22(19)28-14)24(30)27-11-17-4-7-23(21(26)9-17)29-12-15(2)31-16(3)13-29/h4-10,15-16H,11-13H2,1-3H3,(H,27,30)/t15-,16-/m0/s1. The van der Waals surface area contributed by atoms with Crippen LogP contribution in [0.5, 0.6) is 0 Å². The van der Waals surface area contributed by atoms with Crippen molar-refractivity contribution >= 4 is 22.5 Å². The van der Waals surface area contributed by atoms with Crippen molar-refractivity contribution in [2.75, 3.05) is 18.0 Å². The molecule has 1 aliphatic rings. The van der Waals surface area contributed by atoms with E-state index in [-0.39, 0.29) is 30.5 Å². The zero-order chi connectivity index (χ0) is 22.1. The number of benzene rings is 2. The summed E-state index contributed by atoms with van der Waals surface area (Å²) in [6, 6.07) is 10.8. The Morgan fingerprint density at radius 2 is 1.87 bits per heavy atom. The van der Waals surface area contributed by atoms with Crippen LogP contribution in [-0.4, -0.2) is 36.2 Å². The number of hydrogen-bond donors (Lipinski definition) is 1. The molecular weight excluding hydrogens is 400 g/mol. The highest BCUT2D eigenvalue weighted by Gasteiger charge is 2.24. The number of halogens is 2. The molecule has 1 fully saturated rings. The number of aromatic nitrogens is 1. The van der Waals surface area contributed by atoms with Gasteiger partial charge < -0.3 is 15.0 Å². The molecule has 2 aromatic carbocycles. The van der Waals surface area contributed by atoms with Gasteiger partial charge in [-0.2, -0.15) is 0 Å². The number of pyridine rings is 1. The quantitative estimate of drug-likeness (QED) is 0.675. The average Bonchev–Trinajstić information content (AvgIpc) is 2.70. The summed E-state index contributed by atoms with van der Waals surface area (Å²) in [5, 5.41) is 3.40. The first-order valence-electron chi connectivity index (χ1n) is 10.3. The highest BCUT2D eigenvalue weighted by atomic mass is 19.1. The third kappa shape index (κ3) is 4.66. The van der Waals surface area contributed by atoms with Gasteiger partial charge in [0.05, 0.1) is 29.0 Å². The maximum Gasteiger partial charge on any atom is 0.252 e. The van der Waals surface area contributed by atoms with E-state index >= 15 is 0 Å². The lowest BCUT2D eigenvalue weighted by atomic mass is 10.1. The van der Waals surface area contributed by atoms with Gasteiger partial charge in [0.25, 0.3) is 5.91 Å². The number of carbonyl (C=O) groups excluding carboxylic acids is 1. The first-order chi connectivity index (χ1) is 14.8. The van der Waals surface area contributed by atoms with Gasteiger partial charge in [-0.1, -0.05) is 6.07 Å². The van der Waals surface area contributed by atoms with E-state index in [1.54, 1.807) is 25.1 Å². The van der Waals surface area contributed by atoms with Gasteiger partial charge in [0, 0.05) is 36.8 Å². The van der Waals surface area contributed by atoms with Crippen LogP contribution in [0.15, 0.2) is 42.5 Å². The Bertz CT molecular complexity index is 1120. The maximum absolute atomic E-state index is 14.8. The van der Waals surface area contributed by atoms with Crippen LogP contribution >= 0.6 is 0 Å². The molecule has 1 aromatic heterocycles. The summed E-state index contributed by atoms with van der Waals surface area (Å²) in [6.07, 6.45) is 0.0727. The number of amides is 1. The fourth-order valence-corrected chi connectivity index (χ4v) is 4.09. The normalized spacial score (nSPS) is 18.9. The fraction of sp³-hybridized carbons (Fsp3) is 0.333. The van der Waals surface area contributed by atoms with Crippen LogP contribution in [-0.2, 0) is 11.3 Å². The highest BCUT2D eigenvalue weighted by Crippen LogP contribution is 2.25. The molecule has 0 saturated carbocycles. The molecular formula is C24H25F2N3O2. The lowest BCUT2D eigenvalue weighted by molar-refractivity contribution is -0.00539. The van der Waals surface area contributed by atoms with Crippen molar-refractivity contribution in [1.29, 1.82) is 0 Å². The monoisotopic (exact) mass is 425 g/mol. The molecule has 162 valence electrons. The van der Waals surface area contributed by atoms with Gasteiger partial charge >= 0.3 is 0 Å². The first kappa shape index (κ1) is 21.2. The minimum atomic E-state index is -0.406. The molecule has 3 aromatic rings. The second-order valence-corrected chi connectivity index (χ2v) is 8.10. The average molecular weight is 425 g/mol. The Morgan fingerprint density at radius 3 is 2.58 bits per heavy atom. The van der Waals surface area contributed by atoms with E-state index in [4.69, 9.17) is 4.74 Å². The Balaban J connectivity index is 1.49. The van der Waals surface area contributed by atoms with Crippen LogP contribution in [0, 0.1) is 18.6 Å². The van der Waals surface area contributed by atoms with E-state index in [9.17, 15) is 13.6 Å². The van der Waals surface area contributed by atoms with E-state index in [1.807, 2.05) is 24.8 Å². The van der Waals surface area contributed by atoms with E-state index in [2.05, 4.69) is 10.3 Å². The topological polar surface area (TPSA) is 54.5 Å². The zero-order valence-corrected chi connectivity index (χ0v) is 17.8. The number of nitrogens with one attached hydrogen (secondary N) is 1.